The number of ether oxygens (including phenoxy) is 2. The summed E-state index contributed by atoms with van der Waals surface area (Å²) in [6, 6.07) is 14.8. The van der Waals surface area contributed by atoms with Gasteiger partial charge in [0.15, 0.2) is 11.5 Å². The average molecular weight is 285 g/mol. The molecule has 1 atom stereocenters. The highest BCUT2D eigenvalue weighted by Crippen LogP contribution is 2.37. The number of benzene rings is 2. The van der Waals surface area contributed by atoms with Crippen LogP contribution < -0.4 is 14.8 Å². The average Bonchev–Trinajstić information content (AvgIpc) is 2.54. The van der Waals surface area contributed by atoms with Gasteiger partial charge in [0.2, 0.25) is 0 Å². The summed E-state index contributed by atoms with van der Waals surface area (Å²) in [6.07, 6.45) is 0. The summed E-state index contributed by atoms with van der Waals surface area (Å²) in [5, 5.41) is 3.42. The molecular weight excluding hydrogens is 262 g/mol. The molecule has 2 aromatic carbocycles. The molecule has 1 unspecified atom stereocenters. The summed E-state index contributed by atoms with van der Waals surface area (Å²) in [5.74, 6) is 1.52. The highest BCUT2D eigenvalue weighted by molar-refractivity contribution is 5.74. The second-order valence-corrected chi connectivity index (χ2v) is 4.94. The van der Waals surface area contributed by atoms with Gasteiger partial charge in [0.25, 0.3) is 0 Å². The lowest BCUT2D eigenvalue weighted by Crippen LogP contribution is -2.17. The Hall–Kier alpha value is -2.00. The molecule has 0 aliphatic carbocycles. The zero-order chi connectivity index (χ0) is 15.2. The van der Waals surface area contributed by atoms with Crippen LogP contribution in [-0.4, -0.2) is 20.8 Å². The Bertz CT molecular complexity index is 578. The minimum Gasteiger partial charge on any atom is -0.493 e. The predicted molar refractivity (Wildman–Crippen MR) is 87.1 cm³/mol. The molecule has 0 radical (unpaired) electrons. The van der Waals surface area contributed by atoms with E-state index in [1.165, 1.54) is 5.56 Å². The fraction of sp³-hybridized carbons (Fsp3) is 0.333. The molecule has 0 aromatic heterocycles. The summed E-state index contributed by atoms with van der Waals surface area (Å²) in [5.41, 5.74) is 3.44. The smallest absolute Gasteiger partial charge is 0.168 e. The van der Waals surface area contributed by atoms with Gasteiger partial charge >= 0.3 is 0 Å². The van der Waals surface area contributed by atoms with Crippen molar-refractivity contribution < 1.29 is 9.47 Å². The van der Waals surface area contributed by atoms with Crippen LogP contribution >= 0.6 is 0 Å². The maximum Gasteiger partial charge on any atom is 0.168 e. The third-order valence-corrected chi connectivity index (χ3v) is 3.63. The fourth-order valence-electron chi connectivity index (χ4n) is 2.49. The Kier molecular flexibility index (Phi) is 5.23. The van der Waals surface area contributed by atoms with Crippen molar-refractivity contribution in [1.82, 2.24) is 5.32 Å². The normalized spacial score (nSPS) is 12.0. The van der Waals surface area contributed by atoms with E-state index in [9.17, 15) is 0 Å². The lowest BCUT2D eigenvalue weighted by atomic mass is 10.0. The largest absolute Gasteiger partial charge is 0.493 e. The zero-order valence-corrected chi connectivity index (χ0v) is 13.1. The second-order valence-electron chi connectivity index (χ2n) is 4.94. The monoisotopic (exact) mass is 285 g/mol. The Morgan fingerprint density at radius 2 is 1.71 bits per heavy atom. The Balaban J connectivity index is 2.35. The van der Waals surface area contributed by atoms with Crippen molar-refractivity contribution in [3.63, 3.8) is 0 Å². The molecule has 21 heavy (non-hydrogen) atoms. The first-order chi connectivity index (χ1) is 10.2. The highest BCUT2D eigenvalue weighted by Gasteiger charge is 2.11. The first-order valence-corrected chi connectivity index (χ1v) is 7.26. The second kappa shape index (κ2) is 7.14. The lowest BCUT2D eigenvalue weighted by Gasteiger charge is -2.15. The Morgan fingerprint density at radius 1 is 1.00 bits per heavy atom. The molecule has 0 bridgehead atoms. The topological polar surface area (TPSA) is 30.5 Å². The van der Waals surface area contributed by atoms with Crippen molar-refractivity contribution in [2.75, 3.05) is 20.8 Å². The predicted octanol–water partition coefficient (Wildman–Crippen LogP) is 4.04. The summed E-state index contributed by atoms with van der Waals surface area (Å²) in [4.78, 5) is 0. The summed E-state index contributed by atoms with van der Waals surface area (Å²) in [7, 11) is 3.33. The number of hydrogen-bond donors (Lipinski definition) is 1. The van der Waals surface area contributed by atoms with Crippen LogP contribution in [0.2, 0.25) is 0 Å². The Morgan fingerprint density at radius 3 is 2.29 bits per heavy atom. The quantitative estimate of drug-likeness (QED) is 0.869. The molecule has 0 amide bonds. The zero-order valence-electron chi connectivity index (χ0n) is 13.1. The molecule has 0 saturated carbocycles. The first-order valence-electron chi connectivity index (χ1n) is 7.26. The van der Waals surface area contributed by atoms with E-state index in [1.807, 2.05) is 18.2 Å². The summed E-state index contributed by atoms with van der Waals surface area (Å²) < 4.78 is 10.9. The van der Waals surface area contributed by atoms with Gasteiger partial charge in [0.05, 0.1) is 14.2 Å². The van der Waals surface area contributed by atoms with Crippen LogP contribution in [0.15, 0.2) is 42.5 Å². The van der Waals surface area contributed by atoms with Crippen LogP contribution in [0.1, 0.15) is 25.5 Å². The van der Waals surface area contributed by atoms with Crippen molar-refractivity contribution >= 4 is 0 Å². The lowest BCUT2D eigenvalue weighted by molar-refractivity contribution is 0.356. The van der Waals surface area contributed by atoms with Crippen LogP contribution in [0.3, 0.4) is 0 Å². The maximum atomic E-state index is 5.50. The van der Waals surface area contributed by atoms with Gasteiger partial charge < -0.3 is 14.8 Å². The molecule has 1 N–H and O–H groups in total. The van der Waals surface area contributed by atoms with Crippen molar-refractivity contribution in [1.29, 1.82) is 0 Å². The molecule has 0 aliphatic heterocycles. The van der Waals surface area contributed by atoms with Crippen LogP contribution in [0.25, 0.3) is 11.1 Å². The molecule has 2 aromatic rings. The van der Waals surface area contributed by atoms with E-state index in [2.05, 4.69) is 43.4 Å². The molecule has 0 saturated heterocycles. The number of para-hydroxylation sites is 1. The third-order valence-electron chi connectivity index (χ3n) is 3.63. The molecule has 0 fully saturated rings. The summed E-state index contributed by atoms with van der Waals surface area (Å²) in [6.45, 7) is 5.25. The standard InChI is InChI=1S/C18H23NO2/c1-5-19-13(2)14-9-11-15(12-10-14)16-7-6-8-17(20-3)18(16)21-4/h6-13,19H,5H2,1-4H3. The maximum absolute atomic E-state index is 5.50. The Labute approximate surface area is 126 Å². The van der Waals surface area contributed by atoms with Crippen LogP contribution in [0, 0.1) is 0 Å². The van der Waals surface area contributed by atoms with Crippen molar-refractivity contribution in [2.45, 2.75) is 19.9 Å². The minimum atomic E-state index is 0.358. The van der Waals surface area contributed by atoms with E-state index in [4.69, 9.17) is 9.47 Å². The fourth-order valence-corrected chi connectivity index (χ4v) is 2.49. The van der Waals surface area contributed by atoms with E-state index in [-0.39, 0.29) is 0 Å². The number of hydrogen-bond acceptors (Lipinski definition) is 3. The molecule has 3 nitrogen and oxygen atoms in total. The van der Waals surface area contributed by atoms with E-state index in [0.29, 0.717) is 6.04 Å². The van der Waals surface area contributed by atoms with Gasteiger partial charge in [-0.1, -0.05) is 43.3 Å². The first kappa shape index (κ1) is 15.4. The molecule has 0 heterocycles. The molecule has 0 spiro atoms. The van der Waals surface area contributed by atoms with Gasteiger partial charge in [-0.3, -0.25) is 0 Å². The number of nitrogens with one attached hydrogen (secondary N) is 1. The summed E-state index contributed by atoms with van der Waals surface area (Å²) >= 11 is 0. The van der Waals surface area contributed by atoms with Gasteiger partial charge in [-0.05, 0) is 30.7 Å². The van der Waals surface area contributed by atoms with Crippen LogP contribution in [0.4, 0.5) is 0 Å². The van der Waals surface area contributed by atoms with Gasteiger partial charge in [0, 0.05) is 11.6 Å². The van der Waals surface area contributed by atoms with Gasteiger partial charge in [-0.25, -0.2) is 0 Å². The van der Waals surface area contributed by atoms with Gasteiger partial charge in [-0.15, -0.1) is 0 Å². The van der Waals surface area contributed by atoms with Crippen LogP contribution in [0.5, 0.6) is 11.5 Å². The SMILES string of the molecule is CCNC(C)c1ccc(-c2cccc(OC)c2OC)cc1. The van der Waals surface area contributed by atoms with E-state index < -0.39 is 0 Å². The van der Waals surface area contributed by atoms with Crippen LogP contribution in [-0.2, 0) is 0 Å². The molecule has 0 aliphatic rings. The molecule has 2 rings (SSSR count). The molecular formula is C18H23NO2. The number of methoxy groups -OCH3 is 2. The van der Waals surface area contributed by atoms with Crippen molar-refractivity contribution in [3.8, 4) is 22.6 Å². The van der Waals surface area contributed by atoms with E-state index >= 15 is 0 Å². The van der Waals surface area contributed by atoms with E-state index in [0.717, 1.165) is 29.2 Å². The third kappa shape index (κ3) is 3.37. The highest BCUT2D eigenvalue weighted by atomic mass is 16.5. The number of rotatable bonds is 6. The van der Waals surface area contributed by atoms with Gasteiger partial charge in [-0.2, -0.15) is 0 Å². The van der Waals surface area contributed by atoms with Crippen molar-refractivity contribution in [2.24, 2.45) is 0 Å². The van der Waals surface area contributed by atoms with Gasteiger partial charge in [0.1, 0.15) is 0 Å². The van der Waals surface area contributed by atoms with E-state index in [1.54, 1.807) is 14.2 Å². The minimum absolute atomic E-state index is 0.358. The van der Waals surface area contributed by atoms with Crippen molar-refractivity contribution in [3.05, 3.63) is 48.0 Å². The molecule has 112 valence electrons. The molecule has 3 heteroatoms.